The highest BCUT2D eigenvalue weighted by Crippen LogP contribution is 2.37. The standard InChI is InChI=1S/C29H28ClFN6O6S/c1-40-23-14-18(15-24-25(38)37(29(39)44-24)17-19-3-4-20(31)16-21(19)30)2-5-22(23)43-28-33-26(35-6-10-41-11-7-35)32-27(34-28)36-8-12-42-13-9-36/h2-5,14-16H,6-13,17H2,1H3/b24-15-. The minimum Gasteiger partial charge on any atom is -0.493 e. The van der Waals surface area contributed by atoms with Crippen molar-refractivity contribution in [2.45, 2.75) is 6.54 Å². The molecule has 3 aromatic rings. The van der Waals surface area contributed by atoms with E-state index in [1.165, 1.54) is 19.2 Å². The lowest BCUT2D eigenvalue weighted by atomic mass is 10.1. The molecule has 1 aromatic heterocycles. The van der Waals surface area contributed by atoms with Gasteiger partial charge in [-0.2, -0.15) is 15.0 Å². The number of morpholine rings is 2. The van der Waals surface area contributed by atoms with Crippen LogP contribution in [-0.4, -0.2) is 90.7 Å². The minimum atomic E-state index is -0.500. The first-order chi connectivity index (χ1) is 21.4. The Balaban J connectivity index is 1.23. The molecule has 0 atom stereocenters. The maximum Gasteiger partial charge on any atom is 0.328 e. The SMILES string of the molecule is COc1cc(/C=C2\SC(=O)N(Cc3ccc(F)cc3Cl)C2=O)ccc1Oc1nc(N2CCOCC2)nc(N2CCOCC2)n1. The Labute approximate surface area is 261 Å². The first-order valence-corrected chi connectivity index (χ1v) is 15.0. The number of anilines is 2. The third kappa shape index (κ3) is 6.73. The lowest BCUT2D eigenvalue weighted by molar-refractivity contribution is -0.123. The normalized spacial score (nSPS) is 18.3. The summed E-state index contributed by atoms with van der Waals surface area (Å²) in [6.07, 6.45) is 1.60. The van der Waals surface area contributed by atoms with Gasteiger partial charge in [0.05, 0.1) is 45.0 Å². The van der Waals surface area contributed by atoms with Crippen molar-refractivity contribution in [1.82, 2.24) is 19.9 Å². The Morgan fingerprint density at radius 2 is 1.59 bits per heavy atom. The molecule has 3 fully saturated rings. The van der Waals surface area contributed by atoms with Gasteiger partial charge in [0.25, 0.3) is 11.1 Å². The van der Waals surface area contributed by atoms with Gasteiger partial charge < -0.3 is 28.7 Å². The highest BCUT2D eigenvalue weighted by atomic mass is 35.5. The van der Waals surface area contributed by atoms with Gasteiger partial charge in [0, 0.05) is 31.2 Å². The molecule has 44 heavy (non-hydrogen) atoms. The summed E-state index contributed by atoms with van der Waals surface area (Å²) < 4.78 is 36.1. The number of benzene rings is 2. The lowest BCUT2D eigenvalue weighted by Crippen LogP contribution is -2.40. The molecule has 0 N–H and O–H groups in total. The summed E-state index contributed by atoms with van der Waals surface area (Å²) in [4.78, 5) is 45.0. The van der Waals surface area contributed by atoms with Crippen LogP contribution in [0.4, 0.5) is 21.1 Å². The average Bonchev–Trinajstić information content (AvgIpc) is 3.30. The zero-order valence-electron chi connectivity index (χ0n) is 23.7. The van der Waals surface area contributed by atoms with Crippen LogP contribution in [-0.2, 0) is 20.8 Å². The summed E-state index contributed by atoms with van der Waals surface area (Å²) >= 11 is 6.92. The van der Waals surface area contributed by atoms with Gasteiger partial charge in [-0.3, -0.25) is 14.5 Å². The van der Waals surface area contributed by atoms with E-state index >= 15 is 0 Å². The van der Waals surface area contributed by atoms with E-state index in [0.717, 1.165) is 22.7 Å². The molecule has 0 unspecified atom stereocenters. The Kier molecular flexibility index (Phi) is 9.12. The number of thioether (sulfide) groups is 1. The number of methoxy groups -OCH3 is 1. The molecular weight excluding hydrogens is 615 g/mol. The van der Waals surface area contributed by atoms with Crippen molar-refractivity contribution in [2.24, 2.45) is 0 Å². The van der Waals surface area contributed by atoms with Crippen molar-refractivity contribution in [3.63, 3.8) is 0 Å². The van der Waals surface area contributed by atoms with E-state index in [2.05, 4.69) is 9.97 Å². The van der Waals surface area contributed by atoms with Crippen molar-refractivity contribution < 1.29 is 32.9 Å². The van der Waals surface area contributed by atoms with E-state index in [9.17, 15) is 14.0 Å². The first kappa shape index (κ1) is 30.1. The Morgan fingerprint density at radius 3 is 2.20 bits per heavy atom. The Bertz CT molecular complexity index is 1560. The summed E-state index contributed by atoms with van der Waals surface area (Å²) in [6.45, 7) is 4.81. The van der Waals surface area contributed by atoms with Crippen molar-refractivity contribution >= 4 is 52.5 Å². The molecule has 12 nitrogen and oxygen atoms in total. The number of rotatable bonds is 8. The lowest BCUT2D eigenvalue weighted by Gasteiger charge is -2.30. The van der Waals surface area contributed by atoms with Crippen LogP contribution in [0.1, 0.15) is 11.1 Å². The van der Waals surface area contributed by atoms with Crippen molar-refractivity contribution in [3.8, 4) is 17.5 Å². The maximum atomic E-state index is 13.4. The number of hydrogen-bond acceptors (Lipinski definition) is 12. The van der Waals surface area contributed by atoms with Crippen molar-refractivity contribution in [1.29, 1.82) is 0 Å². The molecule has 3 saturated heterocycles. The third-order valence-corrected chi connectivity index (χ3v) is 8.34. The number of imide groups is 1. The van der Waals surface area contributed by atoms with Gasteiger partial charge in [0.2, 0.25) is 11.9 Å². The zero-order chi connectivity index (χ0) is 30.6. The minimum absolute atomic E-state index is 0.0674. The molecule has 3 aliphatic rings. The topological polar surface area (TPSA) is 119 Å². The molecule has 230 valence electrons. The number of amides is 2. The van der Waals surface area contributed by atoms with Crippen LogP contribution in [0.3, 0.4) is 0 Å². The number of aromatic nitrogens is 3. The quantitative estimate of drug-likeness (QED) is 0.325. The molecule has 0 saturated carbocycles. The van der Waals surface area contributed by atoms with Gasteiger partial charge >= 0.3 is 6.01 Å². The van der Waals surface area contributed by atoms with Gasteiger partial charge in [-0.1, -0.05) is 23.7 Å². The molecular formula is C29H28ClFN6O6S. The Hall–Kier alpha value is -3.98. The Morgan fingerprint density at radius 1 is 0.932 bits per heavy atom. The second-order valence-corrected chi connectivity index (χ2v) is 11.3. The number of carbonyl (C=O) groups is 2. The van der Waals surface area contributed by atoms with Gasteiger partial charge in [-0.15, -0.1) is 0 Å². The molecule has 4 heterocycles. The van der Waals surface area contributed by atoms with Crippen LogP contribution in [0.2, 0.25) is 5.02 Å². The summed E-state index contributed by atoms with van der Waals surface area (Å²) in [5.41, 5.74) is 1.07. The molecule has 0 bridgehead atoms. The molecule has 0 aliphatic carbocycles. The van der Waals surface area contributed by atoms with Crippen LogP contribution in [0, 0.1) is 5.82 Å². The van der Waals surface area contributed by atoms with Crippen LogP contribution in [0.5, 0.6) is 17.5 Å². The van der Waals surface area contributed by atoms with Gasteiger partial charge in [-0.05, 0) is 53.2 Å². The molecule has 3 aliphatic heterocycles. The fourth-order valence-electron chi connectivity index (χ4n) is 4.76. The monoisotopic (exact) mass is 642 g/mol. The average molecular weight is 643 g/mol. The van der Waals surface area contributed by atoms with Gasteiger partial charge in [-0.25, -0.2) is 4.39 Å². The number of hydrogen-bond donors (Lipinski definition) is 0. The number of carbonyl (C=O) groups excluding carboxylic acids is 2. The highest BCUT2D eigenvalue weighted by Gasteiger charge is 2.35. The van der Waals surface area contributed by atoms with E-state index in [4.69, 9.17) is 35.5 Å². The predicted octanol–water partition coefficient (Wildman–Crippen LogP) is 4.37. The largest absolute Gasteiger partial charge is 0.493 e. The first-order valence-electron chi connectivity index (χ1n) is 13.8. The number of nitrogens with zero attached hydrogens (tertiary/aromatic N) is 6. The third-order valence-electron chi connectivity index (χ3n) is 7.08. The van der Waals surface area contributed by atoms with Gasteiger partial charge in [0.15, 0.2) is 11.5 Å². The number of halogens is 2. The van der Waals surface area contributed by atoms with Crippen LogP contribution in [0.15, 0.2) is 41.3 Å². The van der Waals surface area contributed by atoms with Gasteiger partial charge in [0.1, 0.15) is 5.82 Å². The fraction of sp³-hybridized carbons (Fsp3) is 0.345. The van der Waals surface area contributed by atoms with Crippen LogP contribution >= 0.6 is 23.4 Å². The predicted molar refractivity (Wildman–Crippen MR) is 162 cm³/mol. The second-order valence-electron chi connectivity index (χ2n) is 9.93. The van der Waals surface area contributed by atoms with Crippen molar-refractivity contribution in [3.05, 3.63) is 63.3 Å². The van der Waals surface area contributed by atoms with E-state index in [0.29, 0.717) is 87.1 Å². The van der Waals surface area contributed by atoms with E-state index in [-0.39, 0.29) is 22.5 Å². The highest BCUT2D eigenvalue weighted by molar-refractivity contribution is 8.18. The second kappa shape index (κ2) is 13.3. The van der Waals surface area contributed by atoms with Crippen LogP contribution < -0.4 is 19.3 Å². The molecule has 0 radical (unpaired) electrons. The molecule has 2 aromatic carbocycles. The maximum absolute atomic E-state index is 13.4. The van der Waals surface area contributed by atoms with Crippen LogP contribution in [0.25, 0.3) is 6.08 Å². The van der Waals surface area contributed by atoms with E-state index < -0.39 is 17.0 Å². The molecule has 2 amide bonds. The summed E-state index contributed by atoms with van der Waals surface area (Å²) in [6, 6.07) is 9.04. The molecule has 6 rings (SSSR count). The van der Waals surface area contributed by atoms with Crippen molar-refractivity contribution in [2.75, 3.05) is 69.5 Å². The zero-order valence-corrected chi connectivity index (χ0v) is 25.3. The molecule has 0 spiro atoms. The summed E-state index contributed by atoms with van der Waals surface area (Å²) in [7, 11) is 1.50. The smallest absolute Gasteiger partial charge is 0.328 e. The summed E-state index contributed by atoms with van der Waals surface area (Å²) in [5, 5.41) is -0.309. The van der Waals surface area contributed by atoms with E-state index in [1.54, 1.807) is 24.3 Å². The summed E-state index contributed by atoms with van der Waals surface area (Å²) in [5.74, 6) is 0.741. The fourth-order valence-corrected chi connectivity index (χ4v) is 5.82. The molecule has 15 heteroatoms. The van der Waals surface area contributed by atoms with E-state index in [1.807, 2.05) is 9.80 Å². The number of ether oxygens (including phenoxy) is 4.